The molecule has 1 aromatic heterocycles. The van der Waals surface area contributed by atoms with Gasteiger partial charge in [0.2, 0.25) is 0 Å². The number of carbonyl (C=O) groups is 2. The molecule has 1 aliphatic rings. The Labute approximate surface area is 186 Å². The number of nitrogens with zero attached hydrogens (tertiary/aromatic N) is 2. The molecular formula is C25H25N3O2S. The topological polar surface area (TPSA) is 62.3 Å². The molecule has 4 rings (SSSR count). The first kappa shape index (κ1) is 21.1. The molecule has 0 spiro atoms. The maximum absolute atomic E-state index is 12.9. The quantitative estimate of drug-likeness (QED) is 0.541. The van der Waals surface area contributed by atoms with Gasteiger partial charge in [0.15, 0.2) is 0 Å². The number of para-hydroxylation sites is 1. The van der Waals surface area contributed by atoms with E-state index in [1.807, 2.05) is 59.6 Å². The van der Waals surface area contributed by atoms with Gasteiger partial charge in [0.05, 0.1) is 11.3 Å². The summed E-state index contributed by atoms with van der Waals surface area (Å²) < 4.78 is 0. The number of aromatic nitrogens is 1. The zero-order valence-corrected chi connectivity index (χ0v) is 18.1. The summed E-state index contributed by atoms with van der Waals surface area (Å²) in [6.45, 7) is 1.55. The van der Waals surface area contributed by atoms with Crippen LogP contribution in [-0.4, -0.2) is 34.8 Å². The van der Waals surface area contributed by atoms with Crippen molar-refractivity contribution in [3.05, 3.63) is 89.7 Å². The highest BCUT2D eigenvalue weighted by atomic mass is 32.2. The van der Waals surface area contributed by atoms with Gasteiger partial charge in [-0.1, -0.05) is 18.2 Å². The Balaban J connectivity index is 1.41. The van der Waals surface area contributed by atoms with E-state index < -0.39 is 0 Å². The average molecular weight is 432 g/mol. The van der Waals surface area contributed by atoms with Crippen LogP contribution in [0, 0.1) is 0 Å². The summed E-state index contributed by atoms with van der Waals surface area (Å²) in [5, 5.41) is 2.92. The lowest BCUT2D eigenvalue weighted by atomic mass is 10.1. The van der Waals surface area contributed by atoms with Crippen LogP contribution in [0.3, 0.4) is 0 Å². The molecule has 0 aliphatic carbocycles. The number of thioether (sulfide) groups is 1. The molecule has 0 unspecified atom stereocenters. The van der Waals surface area contributed by atoms with Crippen molar-refractivity contribution in [1.29, 1.82) is 0 Å². The summed E-state index contributed by atoms with van der Waals surface area (Å²) >= 11 is 1.70. The van der Waals surface area contributed by atoms with Crippen molar-refractivity contribution in [1.82, 2.24) is 9.88 Å². The van der Waals surface area contributed by atoms with Crippen molar-refractivity contribution in [2.45, 2.75) is 29.9 Å². The van der Waals surface area contributed by atoms with Crippen LogP contribution in [-0.2, 0) is 5.75 Å². The number of benzene rings is 2. The van der Waals surface area contributed by atoms with Gasteiger partial charge in [-0.25, -0.2) is 0 Å². The number of rotatable bonds is 6. The van der Waals surface area contributed by atoms with E-state index in [-0.39, 0.29) is 11.8 Å². The predicted molar refractivity (Wildman–Crippen MR) is 124 cm³/mol. The van der Waals surface area contributed by atoms with Gasteiger partial charge >= 0.3 is 0 Å². The summed E-state index contributed by atoms with van der Waals surface area (Å²) in [4.78, 5) is 32.8. The van der Waals surface area contributed by atoms with E-state index in [0.717, 1.165) is 42.1 Å². The van der Waals surface area contributed by atoms with E-state index >= 15 is 0 Å². The second kappa shape index (κ2) is 10.3. The Bertz CT molecular complexity index is 1030. The van der Waals surface area contributed by atoms with Crippen LogP contribution in [0.15, 0.2) is 78.0 Å². The predicted octanol–water partition coefficient (Wildman–Crippen LogP) is 5.25. The summed E-state index contributed by atoms with van der Waals surface area (Å²) in [5.74, 6) is 0.589. The highest BCUT2D eigenvalue weighted by Crippen LogP contribution is 2.24. The van der Waals surface area contributed by atoms with Crippen molar-refractivity contribution in [3.8, 4) is 0 Å². The summed E-state index contributed by atoms with van der Waals surface area (Å²) in [6.07, 6.45) is 6.85. The summed E-state index contributed by atoms with van der Waals surface area (Å²) in [5.41, 5.74) is 2.81. The van der Waals surface area contributed by atoms with E-state index in [1.165, 1.54) is 6.42 Å². The molecule has 2 amide bonds. The third kappa shape index (κ3) is 5.52. The molecule has 31 heavy (non-hydrogen) atoms. The second-order valence-corrected chi connectivity index (χ2v) is 8.58. The van der Waals surface area contributed by atoms with Crippen LogP contribution < -0.4 is 5.32 Å². The fourth-order valence-corrected chi connectivity index (χ4v) is 4.43. The molecule has 2 aromatic carbocycles. The fraction of sp³-hybridized carbons (Fsp3) is 0.240. The number of anilines is 1. The summed E-state index contributed by atoms with van der Waals surface area (Å²) in [7, 11) is 0. The van der Waals surface area contributed by atoms with Gasteiger partial charge < -0.3 is 10.2 Å². The van der Waals surface area contributed by atoms with E-state index in [2.05, 4.69) is 10.3 Å². The van der Waals surface area contributed by atoms with Gasteiger partial charge in [-0.05, 0) is 67.3 Å². The first-order chi connectivity index (χ1) is 15.2. The number of likely N-dealkylation sites (tertiary alicyclic amines) is 1. The maximum Gasteiger partial charge on any atom is 0.255 e. The molecule has 1 fully saturated rings. The molecule has 0 bridgehead atoms. The summed E-state index contributed by atoms with van der Waals surface area (Å²) in [6, 6.07) is 18.7. The van der Waals surface area contributed by atoms with Crippen LogP contribution in [0.4, 0.5) is 5.69 Å². The molecule has 0 radical (unpaired) electrons. The van der Waals surface area contributed by atoms with Crippen molar-refractivity contribution >= 4 is 29.3 Å². The molecule has 1 saturated heterocycles. The largest absolute Gasteiger partial charge is 0.339 e. The average Bonchev–Trinajstić information content (AvgIpc) is 2.84. The van der Waals surface area contributed by atoms with E-state index in [0.29, 0.717) is 16.8 Å². The SMILES string of the molecule is O=C(Nc1ccccc1C(=O)N1CCCCC1)c1ccc(SCc2cccnc2)cc1. The molecular weight excluding hydrogens is 406 g/mol. The molecule has 5 nitrogen and oxygen atoms in total. The molecule has 1 aliphatic heterocycles. The van der Waals surface area contributed by atoms with Gasteiger partial charge in [0, 0.05) is 41.7 Å². The molecule has 6 heteroatoms. The number of piperidine rings is 1. The Kier molecular flexibility index (Phi) is 6.99. The third-order valence-corrected chi connectivity index (χ3v) is 6.38. The van der Waals surface area contributed by atoms with E-state index in [1.54, 1.807) is 30.1 Å². The second-order valence-electron chi connectivity index (χ2n) is 7.53. The number of amides is 2. The van der Waals surface area contributed by atoms with Crippen LogP contribution in [0.2, 0.25) is 0 Å². The van der Waals surface area contributed by atoms with Crippen molar-refractivity contribution in [3.63, 3.8) is 0 Å². The number of hydrogen-bond acceptors (Lipinski definition) is 4. The molecule has 2 heterocycles. The molecule has 0 atom stereocenters. The Morgan fingerprint density at radius 3 is 2.45 bits per heavy atom. The molecule has 1 N–H and O–H groups in total. The van der Waals surface area contributed by atoms with Gasteiger partial charge in [0.1, 0.15) is 0 Å². The molecule has 0 saturated carbocycles. The van der Waals surface area contributed by atoms with Crippen LogP contribution >= 0.6 is 11.8 Å². The lowest BCUT2D eigenvalue weighted by molar-refractivity contribution is 0.0725. The van der Waals surface area contributed by atoms with Crippen LogP contribution in [0.25, 0.3) is 0 Å². The highest BCUT2D eigenvalue weighted by Gasteiger charge is 2.21. The van der Waals surface area contributed by atoms with Crippen LogP contribution in [0.1, 0.15) is 45.5 Å². The number of carbonyl (C=O) groups excluding carboxylic acids is 2. The fourth-order valence-electron chi connectivity index (χ4n) is 3.59. The van der Waals surface area contributed by atoms with Crippen molar-refractivity contribution < 1.29 is 9.59 Å². The lowest BCUT2D eigenvalue weighted by Gasteiger charge is -2.27. The molecule has 158 valence electrons. The minimum atomic E-state index is -0.220. The number of hydrogen-bond donors (Lipinski definition) is 1. The van der Waals surface area contributed by atoms with E-state index in [9.17, 15) is 9.59 Å². The minimum absolute atomic E-state index is 0.0160. The third-order valence-electron chi connectivity index (χ3n) is 5.29. The first-order valence-corrected chi connectivity index (χ1v) is 11.5. The Morgan fingerprint density at radius 1 is 0.935 bits per heavy atom. The van der Waals surface area contributed by atoms with Gasteiger partial charge in [0.25, 0.3) is 11.8 Å². The number of pyridine rings is 1. The zero-order valence-electron chi connectivity index (χ0n) is 17.3. The standard InChI is InChI=1S/C25H25N3O2S/c29-24(20-10-12-21(13-11-20)31-18-19-7-6-14-26-17-19)27-23-9-3-2-8-22(23)25(30)28-15-4-1-5-16-28/h2-3,6-14,17H,1,4-5,15-16,18H2,(H,27,29). The normalized spacial score (nSPS) is 13.6. The highest BCUT2D eigenvalue weighted by molar-refractivity contribution is 7.98. The van der Waals surface area contributed by atoms with Gasteiger partial charge in [-0.15, -0.1) is 11.8 Å². The van der Waals surface area contributed by atoms with Gasteiger partial charge in [-0.3, -0.25) is 14.6 Å². The van der Waals surface area contributed by atoms with E-state index in [4.69, 9.17) is 0 Å². The van der Waals surface area contributed by atoms with Crippen molar-refractivity contribution in [2.75, 3.05) is 18.4 Å². The minimum Gasteiger partial charge on any atom is -0.339 e. The Hall–Kier alpha value is -3.12. The zero-order chi connectivity index (χ0) is 21.5. The Morgan fingerprint density at radius 2 is 1.71 bits per heavy atom. The smallest absolute Gasteiger partial charge is 0.255 e. The molecule has 3 aromatic rings. The first-order valence-electron chi connectivity index (χ1n) is 10.5. The number of nitrogens with one attached hydrogen (secondary N) is 1. The van der Waals surface area contributed by atoms with Crippen LogP contribution in [0.5, 0.6) is 0 Å². The maximum atomic E-state index is 12.9. The monoisotopic (exact) mass is 431 g/mol. The van der Waals surface area contributed by atoms with Crippen molar-refractivity contribution in [2.24, 2.45) is 0 Å². The lowest BCUT2D eigenvalue weighted by Crippen LogP contribution is -2.36. The van der Waals surface area contributed by atoms with Gasteiger partial charge in [-0.2, -0.15) is 0 Å².